The molecule has 3 unspecified atom stereocenters. The number of H-pyrrole nitrogens is 2. The van der Waals surface area contributed by atoms with E-state index in [-0.39, 0.29) is 34.2 Å². The van der Waals surface area contributed by atoms with E-state index in [2.05, 4.69) is 42.6 Å². The number of phosphoric ester groups is 2. The number of nitrogens with zero attached hydrogens (tertiary/aromatic N) is 6. The van der Waals surface area contributed by atoms with E-state index in [0.29, 0.717) is 0 Å². The smallest absolute Gasteiger partial charge is 0.313 e. The van der Waals surface area contributed by atoms with Crippen molar-refractivity contribution in [3.63, 3.8) is 0 Å². The van der Waals surface area contributed by atoms with Crippen molar-refractivity contribution < 1.29 is 80.5 Å². The van der Waals surface area contributed by atoms with Gasteiger partial charge in [0.2, 0.25) is 17.7 Å². The van der Waals surface area contributed by atoms with E-state index in [1.165, 1.54) is 17.9 Å². The fourth-order valence-corrected chi connectivity index (χ4v) is 9.10. The predicted molar refractivity (Wildman–Crippen MR) is 162 cm³/mol. The second-order valence-electron chi connectivity index (χ2n) is 11.9. The first-order valence-corrected chi connectivity index (χ1v) is 19.1. The number of nitrogen functional groups attached to an aromatic ring is 2. The molecule has 10 N–H and O–H groups in total. The molecule has 11 atom stereocenters. The Bertz CT molecular complexity index is 2330. The number of phosphoric acid groups is 3. The van der Waals surface area contributed by atoms with Crippen molar-refractivity contribution in [1.82, 2.24) is 34.1 Å². The number of anilines is 2. The number of rotatable bonds is 12. The Balaban J connectivity index is 1.06. The summed E-state index contributed by atoms with van der Waals surface area (Å²) in [5, 5.41) is 42.4. The molecule has 0 saturated carbocycles. The maximum absolute atomic E-state index is 12.4. The maximum atomic E-state index is 12.4. The summed E-state index contributed by atoms with van der Waals surface area (Å²) in [5.41, 5.74) is 7.09. The van der Waals surface area contributed by atoms with Crippen LogP contribution in [0.2, 0.25) is 0 Å². The van der Waals surface area contributed by atoms with Gasteiger partial charge in [0.1, 0.15) is 36.1 Å². The van der Waals surface area contributed by atoms with Crippen LogP contribution in [0.25, 0.3) is 22.3 Å². The Kier molecular flexibility index (Phi) is 10.1. The van der Waals surface area contributed by atoms with Crippen LogP contribution in [0.3, 0.4) is 0 Å². The molecule has 292 valence electrons. The second kappa shape index (κ2) is 13.6. The van der Waals surface area contributed by atoms with Crippen molar-refractivity contribution in [3.8, 4) is 0 Å². The molecule has 53 heavy (non-hydrogen) atoms. The summed E-state index contributed by atoms with van der Waals surface area (Å²) >= 11 is 0. The van der Waals surface area contributed by atoms with Crippen LogP contribution in [0.5, 0.6) is 0 Å². The Morgan fingerprint density at radius 2 is 1.58 bits per heavy atom. The van der Waals surface area contributed by atoms with Gasteiger partial charge in [-0.3, -0.25) is 42.4 Å². The average molecular weight is 814 g/mol. The molecule has 6 rings (SSSR count). The third kappa shape index (κ3) is 7.59. The highest BCUT2D eigenvalue weighted by atomic mass is 31.3. The van der Waals surface area contributed by atoms with Gasteiger partial charge in [-0.15, -0.1) is 0 Å². The van der Waals surface area contributed by atoms with Gasteiger partial charge in [-0.2, -0.15) is 4.98 Å². The van der Waals surface area contributed by atoms with Crippen molar-refractivity contribution in [1.29, 1.82) is 0 Å². The van der Waals surface area contributed by atoms with Gasteiger partial charge < -0.3 is 65.1 Å². The fourth-order valence-electron chi connectivity index (χ4n) is 5.63. The highest BCUT2D eigenvalue weighted by Gasteiger charge is 2.53. The normalized spacial score (nSPS) is 31.2. The number of fused-ring (bicyclic) bond motifs is 2. The van der Waals surface area contributed by atoms with Crippen molar-refractivity contribution >= 4 is 57.7 Å². The van der Waals surface area contributed by atoms with E-state index < -0.39 is 96.4 Å². The van der Waals surface area contributed by atoms with Gasteiger partial charge in [0.05, 0.1) is 26.6 Å². The molecule has 0 aromatic carbocycles. The summed E-state index contributed by atoms with van der Waals surface area (Å²) in [6.45, 7) is -1.38. The van der Waals surface area contributed by atoms with Crippen LogP contribution >= 0.6 is 23.5 Å². The summed E-state index contributed by atoms with van der Waals surface area (Å²) in [6, 6.07) is 0. The van der Waals surface area contributed by atoms with Crippen LogP contribution in [-0.2, 0) is 47.9 Å². The number of ether oxygens (including phenoxy) is 2. The van der Waals surface area contributed by atoms with Crippen LogP contribution in [0.1, 0.15) is 19.4 Å². The van der Waals surface area contributed by atoms with Gasteiger partial charge >= 0.3 is 5.65 Å². The second-order valence-corrected chi connectivity index (χ2v) is 16.4. The monoisotopic (exact) mass is 814 g/mol. The molecule has 0 aliphatic carbocycles. The zero-order valence-electron chi connectivity index (χ0n) is 26.8. The van der Waals surface area contributed by atoms with Crippen LogP contribution in [0, 0.1) is 0 Å². The molecule has 0 bridgehead atoms. The molecule has 0 radical (unpaired) electrons. The van der Waals surface area contributed by atoms with Crippen molar-refractivity contribution in [2.45, 2.75) is 55.5 Å². The molecular formula is C22H29N10O18P3-2. The quantitative estimate of drug-likeness (QED) is 0.0487. The van der Waals surface area contributed by atoms with Gasteiger partial charge in [0.15, 0.2) is 23.7 Å². The zero-order chi connectivity index (χ0) is 39.0. The standard InChI is InChI=1S/C22H31N10O18P3/c1-22(13(36)12(35)19(48-22)31-5-25-8-14(31)26-20(23)28-16(8)37)4-46-52(41,42)50-53(43,44)49-51(39,40)45-3-7-10(33)11(34)18(47-7)32-6-30(2)9-15(32)27-21(24)29-17(9)38/h5-7,10-13,18-19,33-36H,3-4H2,1-2H3,(H8-,23,24,26,27,28,29,37,38,39,40,41,42,43,44)/p-2/t7-,10-,11-,12-,13+,18-,19-,22-/m1/s1. The Hall–Kier alpha value is -3.53. The number of nitrogens with two attached hydrogens (primary N) is 2. The topological polar surface area (TPSA) is 427 Å². The molecule has 2 saturated heterocycles. The minimum Gasteiger partial charge on any atom is -0.756 e. The first-order chi connectivity index (χ1) is 24.5. The van der Waals surface area contributed by atoms with E-state index in [0.717, 1.165) is 22.4 Å². The molecule has 31 heteroatoms. The van der Waals surface area contributed by atoms with Crippen LogP contribution < -0.4 is 41.8 Å². The molecule has 0 spiro atoms. The third-order valence-corrected chi connectivity index (χ3v) is 12.2. The number of imidazole rings is 2. The van der Waals surface area contributed by atoms with Gasteiger partial charge in [0.25, 0.3) is 40.5 Å². The summed E-state index contributed by atoms with van der Waals surface area (Å²) in [4.78, 5) is 77.7. The lowest BCUT2D eigenvalue weighted by Crippen LogP contribution is -2.46. The maximum Gasteiger partial charge on any atom is 0.313 e. The Morgan fingerprint density at radius 1 is 0.962 bits per heavy atom. The minimum atomic E-state index is -6.40. The number of aromatic nitrogens is 8. The van der Waals surface area contributed by atoms with Crippen molar-refractivity contribution in [2.75, 3.05) is 24.7 Å². The molecule has 28 nitrogen and oxygen atoms in total. The van der Waals surface area contributed by atoms with E-state index in [9.17, 15) is 58.4 Å². The van der Waals surface area contributed by atoms with Gasteiger partial charge in [-0.25, -0.2) is 18.2 Å². The fraction of sp³-hybridized carbons (Fsp3) is 0.545. The number of hydrogen-bond acceptors (Lipinski definition) is 23. The molecule has 4 aromatic rings. The highest BCUT2D eigenvalue weighted by molar-refractivity contribution is 7.65. The van der Waals surface area contributed by atoms with Gasteiger partial charge in [-0.1, -0.05) is 4.98 Å². The van der Waals surface area contributed by atoms with Crippen LogP contribution in [0.15, 0.2) is 22.2 Å². The first-order valence-electron chi connectivity index (χ1n) is 14.7. The number of aromatic amines is 2. The molecule has 2 aliphatic rings. The molecular weight excluding hydrogens is 785 g/mol. The molecule has 6 heterocycles. The van der Waals surface area contributed by atoms with E-state index in [4.69, 9.17) is 20.9 Å². The van der Waals surface area contributed by atoms with Crippen LogP contribution in [-0.4, -0.2) is 104 Å². The predicted octanol–water partition coefficient (Wildman–Crippen LogP) is -6.05. The van der Waals surface area contributed by atoms with Gasteiger partial charge in [-0.05, 0) is 6.92 Å². The SMILES string of the molecule is Cn1c[n+]([C@@H]2O[C@H](COP(=O)([O-])OP(=O)([O-])OP(=O)([O-])OC[C@@]3(C)O[C@@H](n4cnc5c(=O)[nH]c(N)nc54)[C@H](O)[C@@H]3O)[C@@H](O)[C@H]2O)c2nc(N)[nH]c(=O)c21. The number of aliphatic hydroxyl groups excluding tert-OH is 4. The zero-order valence-corrected chi connectivity index (χ0v) is 29.5. The third-order valence-electron chi connectivity index (χ3n) is 8.06. The molecule has 4 aromatic heterocycles. The highest BCUT2D eigenvalue weighted by Crippen LogP contribution is 2.63. The molecule has 2 fully saturated rings. The summed E-state index contributed by atoms with van der Waals surface area (Å²) in [7, 11) is -17.1. The average Bonchev–Trinajstić information content (AvgIpc) is 3.74. The van der Waals surface area contributed by atoms with E-state index >= 15 is 0 Å². The first kappa shape index (κ1) is 39.2. The lowest BCUT2D eigenvalue weighted by atomic mass is 9.99. The Labute approximate surface area is 292 Å². The van der Waals surface area contributed by atoms with E-state index in [1.54, 1.807) is 0 Å². The van der Waals surface area contributed by atoms with E-state index in [1.807, 2.05) is 0 Å². The van der Waals surface area contributed by atoms with Crippen molar-refractivity contribution in [3.05, 3.63) is 33.4 Å². The lowest BCUT2D eigenvalue weighted by molar-refractivity contribution is -0.745. The summed E-state index contributed by atoms with van der Waals surface area (Å²) < 4.78 is 68.2. The summed E-state index contributed by atoms with van der Waals surface area (Å²) in [6.07, 6.45) is -9.91. The van der Waals surface area contributed by atoms with Crippen LogP contribution in [0.4, 0.5) is 11.9 Å². The lowest BCUT2D eigenvalue weighted by Gasteiger charge is -2.36. The minimum absolute atomic E-state index is 0.0130. The van der Waals surface area contributed by atoms with Gasteiger partial charge in [0, 0.05) is 0 Å². The number of aryl methyl sites for hydroxylation is 1. The summed E-state index contributed by atoms with van der Waals surface area (Å²) in [5.74, 6) is -0.631. The molecule has 2 aliphatic heterocycles. The molecule has 0 amide bonds. The Morgan fingerprint density at radius 3 is 2.26 bits per heavy atom. The van der Waals surface area contributed by atoms with Crippen molar-refractivity contribution in [2.24, 2.45) is 7.05 Å². The number of aliphatic hydroxyl groups is 4. The number of nitrogens with one attached hydrogen (secondary N) is 2. The largest absolute Gasteiger partial charge is 0.756 e. The number of hydrogen-bond donors (Lipinski definition) is 8.